The third-order valence-corrected chi connectivity index (χ3v) is 3.88. The Balaban J connectivity index is 1.71. The lowest BCUT2D eigenvalue weighted by atomic mass is 9.81. The van der Waals surface area contributed by atoms with E-state index in [1.54, 1.807) is 25.5 Å². The molecule has 0 bridgehead atoms. The molecule has 0 atom stereocenters. The number of carbonyl (C=O) groups excluding carboxylic acids is 2. The number of aromatic amines is 1. The normalized spacial score (nSPS) is 22.8. The van der Waals surface area contributed by atoms with Crippen LogP contribution in [0.15, 0.2) is 18.5 Å². The number of hydrogen-bond donors (Lipinski definition) is 3. The van der Waals surface area contributed by atoms with Gasteiger partial charge in [0.2, 0.25) is 5.91 Å². The second-order valence-corrected chi connectivity index (χ2v) is 5.14. The van der Waals surface area contributed by atoms with Crippen LogP contribution in [-0.4, -0.2) is 30.4 Å². The van der Waals surface area contributed by atoms with Gasteiger partial charge in [0.05, 0.1) is 5.56 Å². The van der Waals surface area contributed by atoms with Gasteiger partial charge in [0.1, 0.15) is 0 Å². The molecule has 0 spiro atoms. The van der Waals surface area contributed by atoms with E-state index in [0.717, 1.165) is 25.7 Å². The molecule has 2 amide bonds. The predicted octanol–water partition coefficient (Wildman–Crippen LogP) is 1.30. The van der Waals surface area contributed by atoms with Crippen LogP contribution in [0.3, 0.4) is 0 Å². The van der Waals surface area contributed by atoms with Crippen molar-refractivity contribution < 1.29 is 9.59 Å². The highest BCUT2D eigenvalue weighted by molar-refractivity contribution is 5.93. The second kappa shape index (κ2) is 6.41. The monoisotopic (exact) mass is 263 g/mol. The quantitative estimate of drug-likeness (QED) is 0.766. The minimum atomic E-state index is -0.0327. The Labute approximate surface area is 113 Å². The summed E-state index contributed by atoms with van der Waals surface area (Å²) in [7, 11) is 1.69. The number of H-pyrrole nitrogens is 1. The van der Waals surface area contributed by atoms with Crippen LogP contribution in [-0.2, 0) is 4.79 Å². The number of carbonyl (C=O) groups is 2. The van der Waals surface area contributed by atoms with Gasteiger partial charge in [-0.3, -0.25) is 9.59 Å². The fraction of sp³-hybridized carbons (Fsp3) is 0.571. The minimum absolute atomic E-state index is 0.0327. The number of rotatable bonds is 4. The minimum Gasteiger partial charge on any atom is -0.367 e. The molecule has 104 valence electrons. The molecule has 1 heterocycles. The van der Waals surface area contributed by atoms with E-state index in [0.29, 0.717) is 18.0 Å². The van der Waals surface area contributed by atoms with Crippen LogP contribution >= 0.6 is 0 Å². The lowest BCUT2D eigenvalue weighted by Gasteiger charge is -2.27. The number of hydrogen-bond acceptors (Lipinski definition) is 2. The molecule has 3 N–H and O–H groups in total. The molecule has 1 aromatic rings. The van der Waals surface area contributed by atoms with Crippen LogP contribution in [0.5, 0.6) is 0 Å². The van der Waals surface area contributed by atoms with Crippen LogP contribution in [0.2, 0.25) is 0 Å². The Morgan fingerprint density at radius 1 is 1.32 bits per heavy atom. The molecule has 5 heteroatoms. The number of nitrogens with one attached hydrogen (secondary N) is 3. The van der Waals surface area contributed by atoms with Gasteiger partial charge in [-0.05, 0) is 37.7 Å². The van der Waals surface area contributed by atoms with E-state index < -0.39 is 0 Å². The summed E-state index contributed by atoms with van der Waals surface area (Å²) in [5.41, 5.74) is 0.666. The van der Waals surface area contributed by atoms with E-state index in [9.17, 15) is 9.59 Å². The zero-order valence-corrected chi connectivity index (χ0v) is 11.2. The summed E-state index contributed by atoms with van der Waals surface area (Å²) >= 11 is 0. The third-order valence-electron chi connectivity index (χ3n) is 3.88. The Morgan fingerprint density at radius 3 is 2.63 bits per heavy atom. The summed E-state index contributed by atoms with van der Waals surface area (Å²) < 4.78 is 0. The van der Waals surface area contributed by atoms with Gasteiger partial charge in [-0.2, -0.15) is 0 Å². The van der Waals surface area contributed by atoms with E-state index in [1.165, 1.54) is 0 Å². The van der Waals surface area contributed by atoms with Gasteiger partial charge in [0.15, 0.2) is 0 Å². The molecule has 1 saturated carbocycles. The molecule has 5 nitrogen and oxygen atoms in total. The van der Waals surface area contributed by atoms with Crippen LogP contribution in [0, 0.1) is 11.8 Å². The maximum atomic E-state index is 11.8. The first-order valence-corrected chi connectivity index (χ1v) is 6.83. The van der Waals surface area contributed by atoms with Crippen molar-refractivity contribution in [3.8, 4) is 0 Å². The van der Waals surface area contributed by atoms with Crippen molar-refractivity contribution >= 4 is 11.8 Å². The molecule has 1 fully saturated rings. The van der Waals surface area contributed by atoms with E-state index in [-0.39, 0.29) is 17.7 Å². The lowest BCUT2D eigenvalue weighted by Crippen LogP contribution is -2.34. The molecule has 0 saturated heterocycles. The number of aromatic nitrogens is 1. The summed E-state index contributed by atoms with van der Waals surface area (Å²) in [5, 5.41) is 5.66. The Kier molecular flexibility index (Phi) is 4.60. The standard InChI is InChI=1S/C14H21N3O2/c1-15-13(18)11-4-2-10(3-5-11)8-17-14(19)12-6-7-16-9-12/h6-7,9-11,16H,2-5,8H2,1H3,(H,15,18)(H,17,19). The van der Waals surface area contributed by atoms with Gasteiger partial charge in [0.25, 0.3) is 5.91 Å². The highest BCUT2D eigenvalue weighted by Gasteiger charge is 2.25. The fourth-order valence-corrected chi connectivity index (χ4v) is 2.64. The Morgan fingerprint density at radius 2 is 2.05 bits per heavy atom. The second-order valence-electron chi connectivity index (χ2n) is 5.14. The highest BCUT2D eigenvalue weighted by Crippen LogP contribution is 2.28. The average molecular weight is 263 g/mol. The molecule has 1 aliphatic carbocycles. The number of amides is 2. The summed E-state index contributed by atoms with van der Waals surface area (Å²) in [6.07, 6.45) is 7.28. The summed E-state index contributed by atoms with van der Waals surface area (Å²) in [5.74, 6) is 0.759. The molecule has 1 aromatic heterocycles. The summed E-state index contributed by atoms with van der Waals surface area (Å²) in [6.45, 7) is 0.699. The van der Waals surface area contributed by atoms with Crippen molar-refractivity contribution in [1.29, 1.82) is 0 Å². The fourth-order valence-electron chi connectivity index (χ4n) is 2.64. The largest absolute Gasteiger partial charge is 0.367 e. The highest BCUT2D eigenvalue weighted by atomic mass is 16.2. The van der Waals surface area contributed by atoms with Crippen molar-refractivity contribution in [2.75, 3.05) is 13.6 Å². The molecule has 0 aliphatic heterocycles. The van der Waals surface area contributed by atoms with Gasteiger partial charge in [0, 0.05) is 31.9 Å². The van der Waals surface area contributed by atoms with Gasteiger partial charge < -0.3 is 15.6 Å². The van der Waals surface area contributed by atoms with E-state index in [4.69, 9.17) is 0 Å². The van der Waals surface area contributed by atoms with Crippen LogP contribution in [0.25, 0.3) is 0 Å². The topological polar surface area (TPSA) is 74.0 Å². The average Bonchev–Trinajstić information content (AvgIpc) is 2.98. The van der Waals surface area contributed by atoms with Crippen LogP contribution in [0.4, 0.5) is 0 Å². The molecular weight excluding hydrogens is 242 g/mol. The summed E-state index contributed by atoms with van der Waals surface area (Å²) in [4.78, 5) is 26.2. The van der Waals surface area contributed by atoms with Crippen molar-refractivity contribution in [2.45, 2.75) is 25.7 Å². The first kappa shape index (κ1) is 13.6. The molecule has 2 rings (SSSR count). The first-order valence-electron chi connectivity index (χ1n) is 6.83. The maximum Gasteiger partial charge on any atom is 0.252 e. The molecule has 1 aliphatic rings. The van der Waals surface area contributed by atoms with E-state index in [2.05, 4.69) is 15.6 Å². The van der Waals surface area contributed by atoms with Crippen LogP contribution < -0.4 is 10.6 Å². The SMILES string of the molecule is CNC(=O)C1CCC(CNC(=O)c2cc[nH]c2)CC1. The zero-order chi connectivity index (χ0) is 13.7. The lowest BCUT2D eigenvalue weighted by molar-refractivity contribution is -0.125. The molecule has 0 aromatic carbocycles. The van der Waals surface area contributed by atoms with Crippen LogP contribution in [0.1, 0.15) is 36.0 Å². The van der Waals surface area contributed by atoms with E-state index >= 15 is 0 Å². The van der Waals surface area contributed by atoms with Gasteiger partial charge in [-0.15, -0.1) is 0 Å². The van der Waals surface area contributed by atoms with Crippen molar-refractivity contribution in [2.24, 2.45) is 11.8 Å². The Hall–Kier alpha value is -1.78. The van der Waals surface area contributed by atoms with E-state index in [1.807, 2.05) is 0 Å². The van der Waals surface area contributed by atoms with Gasteiger partial charge >= 0.3 is 0 Å². The van der Waals surface area contributed by atoms with Crippen molar-refractivity contribution in [3.05, 3.63) is 24.0 Å². The molecule has 19 heavy (non-hydrogen) atoms. The smallest absolute Gasteiger partial charge is 0.252 e. The zero-order valence-electron chi connectivity index (χ0n) is 11.2. The molecule has 0 radical (unpaired) electrons. The predicted molar refractivity (Wildman–Crippen MR) is 72.6 cm³/mol. The maximum absolute atomic E-state index is 11.8. The van der Waals surface area contributed by atoms with Gasteiger partial charge in [-0.25, -0.2) is 0 Å². The van der Waals surface area contributed by atoms with Crippen molar-refractivity contribution in [1.82, 2.24) is 15.6 Å². The summed E-state index contributed by atoms with van der Waals surface area (Å²) in [6, 6.07) is 1.76. The Bertz CT molecular complexity index is 420. The third kappa shape index (κ3) is 3.59. The van der Waals surface area contributed by atoms with Gasteiger partial charge in [-0.1, -0.05) is 0 Å². The molecular formula is C14H21N3O2. The first-order chi connectivity index (χ1) is 9.20. The van der Waals surface area contributed by atoms with Crippen molar-refractivity contribution in [3.63, 3.8) is 0 Å². The molecule has 0 unspecified atom stereocenters.